The van der Waals surface area contributed by atoms with Gasteiger partial charge in [-0.05, 0) is 35.6 Å². The normalized spacial score (nSPS) is 13.2. The van der Waals surface area contributed by atoms with Crippen molar-refractivity contribution in [2.24, 2.45) is 0 Å². The number of thioether (sulfide) groups is 1. The number of ether oxygens (including phenoxy) is 1. The minimum atomic E-state index is -0.428. The van der Waals surface area contributed by atoms with Crippen LogP contribution in [0, 0.1) is 5.82 Å². The summed E-state index contributed by atoms with van der Waals surface area (Å²) in [5.41, 5.74) is 1.24. The van der Waals surface area contributed by atoms with E-state index in [9.17, 15) is 9.18 Å². The number of nitrogens with zero attached hydrogens (tertiary/aromatic N) is 4. The van der Waals surface area contributed by atoms with Crippen LogP contribution in [0.2, 0.25) is 0 Å². The number of allylic oxidation sites excluding steroid dienone is 1. The average molecular weight is 445 g/mol. The van der Waals surface area contributed by atoms with Crippen LogP contribution in [0.3, 0.4) is 0 Å². The molecule has 6 nitrogen and oxygen atoms in total. The standard InChI is InChI=1S/C21H21FN4O2S2/c1-2-9-26-19(13-28-17-6-4-3-5-16(17)22)23-24-21(26)30-14-20(27)25-10-7-18-15(12-25)8-11-29-18/h2-6,8,11H,1,7,9-10,12-14H2. The molecule has 3 aromatic rings. The van der Waals surface area contributed by atoms with Crippen molar-refractivity contribution in [2.75, 3.05) is 12.3 Å². The lowest BCUT2D eigenvalue weighted by Crippen LogP contribution is -2.36. The Morgan fingerprint density at radius 2 is 2.20 bits per heavy atom. The number of para-hydroxylation sites is 1. The average Bonchev–Trinajstić information content (AvgIpc) is 3.38. The number of benzene rings is 1. The maximum atomic E-state index is 13.8. The molecule has 2 aromatic heterocycles. The van der Waals surface area contributed by atoms with E-state index in [2.05, 4.69) is 28.2 Å². The summed E-state index contributed by atoms with van der Waals surface area (Å²) in [6.07, 6.45) is 2.64. The molecule has 0 fully saturated rings. The molecule has 1 amide bonds. The number of rotatable bonds is 8. The van der Waals surface area contributed by atoms with Crippen molar-refractivity contribution in [3.8, 4) is 5.75 Å². The molecule has 0 radical (unpaired) electrons. The van der Waals surface area contributed by atoms with E-state index in [0.717, 1.165) is 13.0 Å². The summed E-state index contributed by atoms with van der Waals surface area (Å²) in [6.45, 7) is 5.73. The van der Waals surface area contributed by atoms with Gasteiger partial charge in [-0.15, -0.1) is 28.1 Å². The number of carbonyl (C=O) groups excluding carboxylic acids is 1. The summed E-state index contributed by atoms with van der Waals surface area (Å²) < 4.78 is 21.2. The van der Waals surface area contributed by atoms with Crippen LogP contribution in [0.15, 0.2) is 53.5 Å². The van der Waals surface area contributed by atoms with E-state index in [4.69, 9.17) is 4.74 Å². The number of hydrogen-bond acceptors (Lipinski definition) is 6. The quantitative estimate of drug-likeness (QED) is 0.389. The predicted molar refractivity (Wildman–Crippen MR) is 115 cm³/mol. The Hall–Kier alpha value is -2.65. The zero-order valence-electron chi connectivity index (χ0n) is 16.3. The van der Waals surface area contributed by atoms with Gasteiger partial charge in [0, 0.05) is 24.5 Å². The molecule has 0 aliphatic carbocycles. The van der Waals surface area contributed by atoms with E-state index in [1.165, 1.54) is 28.3 Å². The van der Waals surface area contributed by atoms with Gasteiger partial charge in [-0.1, -0.05) is 30.0 Å². The smallest absolute Gasteiger partial charge is 0.233 e. The maximum Gasteiger partial charge on any atom is 0.233 e. The van der Waals surface area contributed by atoms with Crippen molar-refractivity contribution in [3.05, 3.63) is 70.4 Å². The van der Waals surface area contributed by atoms with Gasteiger partial charge in [0.2, 0.25) is 5.91 Å². The molecule has 0 unspecified atom stereocenters. The number of amides is 1. The Morgan fingerprint density at radius 3 is 3.03 bits per heavy atom. The van der Waals surface area contributed by atoms with Crippen LogP contribution in [-0.2, 0) is 30.9 Å². The van der Waals surface area contributed by atoms with Crippen LogP contribution in [0.1, 0.15) is 16.3 Å². The number of fused-ring (bicyclic) bond motifs is 1. The van der Waals surface area contributed by atoms with Gasteiger partial charge in [0.1, 0.15) is 6.61 Å². The van der Waals surface area contributed by atoms with Gasteiger partial charge in [0.05, 0.1) is 5.75 Å². The fourth-order valence-electron chi connectivity index (χ4n) is 3.23. The molecule has 0 spiro atoms. The monoisotopic (exact) mass is 444 g/mol. The van der Waals surface area contributed by atoms with Gasteiger partial charge in [-0.25, -0.2) is 4.39 Å². The molecule has 30 heavy (non-hydrogen) atoms. The Bertz CT molecular complexity index is 1050. The van der Waals surface area contributed by atoms with Crippen LogP contribution in [0.5, 0.6) is 5.75 Å². The summed E-state index contributed by atoms with van der Waals surface area (Å²) in [7, 11) is 0. The first-order chi connectivity index (χ1) is 14.7. The third-order valence-corrected chi connectivity index (χ3v) is 6.76. The summed E-state index contributed by atoms with van der Waals surface area (Å²) in [4.78, 5) is 16.0. The molecule has 0 N–H and O–H groups in total. The van der Waals surface area contributed by atoms with Gasteiger partial charge >= 0.3 is 0 Å². The molecule has 1 aliphatic rings. The van der Waals surface area contributed by atoms with Crippen molar-refractivity contribution in [2.45, 2.75) is 31.3 Å². The minimum absolute atomic E-state index is 0.0728. The van der Waals surface area contributed by atoms with E-state index in [-0.39, 0.29) is 24.0 Å². The van der Waals surface area contributed by atoms with E-state index >= 15 is 0 Å². The van der Waals surface area contributed by atoms with Crippen molar-refractivity contribution >= 4 is 29.0 Å². The zero-order chi connectivity index (χ0) is 20.9. The Labute approximate surface area is 182 Å². The summed E-state index contributed by atoms with van der Waals surface area (Å²) >= 11 is 3.09. The highest BCUT2D eigenvalue weighted by Crippen LogP contribution is 2.25. The molecule has 4 rings (SSSR count). The van der Waals surface area contributed by atoms with Crippen LogP contribution in [0.25, 0.3) is 0 Å². The fraction of sp³-hybridized carbons (Fsp3) is 0.286. The SMILES string of the molecule is C=CCn1c(COc2ccccc2F)nnc1SCC(=O)N1CCc2sccc2C1. The summed E-state index contributed by atoms with van der Waals surface area (Å²) in [5.74, 6) is 0.641. The highest BCUT2D eigenvalue weighted by atomic mass is 32.2. The summed E-state index contributed by atoms with van der Waals surface area (Å²) in [5, 5.41) is 11.1. The van der Waals surface area contributed by atoms with Crippen LogP contribution < -0.4 is 4.74 Å². The minimum Gasteiger partial charge on any atom is -0.483 e. The van der Waals surface area contributed by atoms with Crippen molar-refractivity contribution in [1.82, 2.24) is 19.7 Å². The number of carbonyl (C=O) groups is 1. The van der Waals surface area contributed by atoms with Crippen LogP contribution >= 0.6 is 23.1 Å². The zero-order valence-corrected chi connectivity index (χ0v) is 17.9. The van der Waals surface area contributed by atoms with Crippen molar-refractivity contribution < 1.29 is 13.9 Å². The molecule has 3 heterocycles. The van der Waals surface area contributed by atoms with E-state index in [1.807, 2.05) is 9.47 Å². The largest absolute Gasteiger partial charge is 0.483 e. The molecule has 0 bridgehead atoms. The molecule has 0 saturated carbocycles. The number of thiophene rings is 1. The Morgan fingerprint density at radius 1 is 1.33 bits per heavy atom. The molecule has 1 aliphatic heterocycles. The Balaban J connectivity index is 1.38. The molecule has 156 valence electrons. The third kappa shape index (κ3) is 4.57. The van der Waals surface area contributed by atoms with Gasteiger partial charge in [-0.2, -0.15) is 0 Å². The third-order valence-electron chi connectivity index (χ3n) is 4.78. The first-order valence-electron chi connectivity index (χ1n) is 9.52. The van der Waals surface area contributed by atoms with Gasteiger partial charge in [0.15, 0.2) is 22.5 Å². The lowest BCUT2D eigenvalue weighted by Gasteiger charge is -2.26. The second-order valence-electron chi connectivity index (χ2n) is 6.74. The van der Waals surface area contributed by atoms with Gasteiger partial charge in [0.25, 0.3) is 0 Å². The van der Waals surface area contributed by atoms with Crippen LogP contribution in [0.4, 0.5) is 4.39 Å². The molecule has 0 saturated heterocycles. The highest BCUT2D eigenvalue weighted by Gasteiger charge is 2.22. The molecule has 9 heteroatoms. The predicted octanol–water partition coefficient (Wildman–Crippen LogP) is 3.92. The van der Waals surface area contributed by atoms with Gasteiger partial charge < -0.3 is 9.64 Å². The lowest BCUT2D eigenvalue weighted by atomic mass is 10.1. The number of hydrogen-bond donors (Lipinski definition) is 0. The first-order valence-corrected chi connectivity index (χ1v) is 11.4. The molecule has 0 atom stereocenters. The van der Waals surface area contributed by atoms with E-state index in [0.29, 0.717) is 24.1 Å². The number of aromatic nitrogens is 3. The topological polar surface area (TPSA) is 60.2 Å². The Kier molecular flexibility index (Phi) is 6.49. The van der Waals surface area contributed by atoms with E-state index in [1.54, 1.807) is 35.6 Å². The molecular formula is C21H21FN4O2S2. The van der Waals surface area contributed by atoms with Crippen molar-refractivity contribution in [3.63, 3.8) is 0 Å². The maximum absolute atomic E-state index is 13.8. The second-order valence-corrected chi connectivity index (χ2v) is 8.68. The molecular weight excluding hydrogens is 423 g/mol. The number of halogens is 1. The first kappa shape index (κ1) is 20.6. The van der Waals surface area contributed by atoms with Crippen molar-refractivity contribution in [1.29, 1.82) is 0 Å². The summed E-state index contributed by atoms with van der Waals surface area (Å²) in [6, 6.07) is 8.32. The molecule has 1 aromatic carbocycles. The second kappa shape index (κ2) is 9.44. The lowest BCUT2D eigenvalue weighted by molar-refractivity contribution is -0.129. The fourth-order valence-corrected chi connectivity index (χ4v) is 4.99. The highest BCUT2D eigenvalue weighted by molar-refractivity contribution is 7.99. The van der Waals surface area contributed by atoms with Crippen LogP contribution in [-0.4, -0.2) is 37.9 Å². The van der Waals surface area contributed by atoms with E-state index < -0.39 is 5.82 Å². The van der Waals surface area contributed by atoms with Gasteiger partial charge in [-0.3, -0.25) is 9.36 Å².